The third-order valence-electron chi connectivity index (χ3n) is 15.6. The largest absolute Gasteiger partial charge is 0.466 e. The van der Waals surface area contributed by atoms with Crippen molar-refractivity contribution in [3.63, 3.8) is 0 Å². The van der Waals surface area contributed by atoms with E-state index in [2.05, 4.69) is 27.7 Å². The quantitative estimate of drug-likeness (QED) is 0.0337. The van der Waals surface area contributed by atoms with Crippen molar-refractivity contribution in [3.8, 4) is 0 Å². The number of esters is 4. The summed E-state index contributed by atoms with van der Waals surface area (Å²) in [6.07, 6.45) is 70.4. The van der Waals surface area contributed by atoms with Crippen molar-refractivity contribution in [2.75, 3.05) is 26.4 Å². The molecule has 0 aliphatic rings. The van der Waals surface area contributed by atoms with E-state index in [1.165, 1.54) is 270 Å². The van der Waals surface area contributed by atoms with Crippen LogP contribution in [0.1, 0.15) is 400 Å². The first-order chi connectivity index (χ1) is 38.4. The SMILES string of the molecule is CCCCCCCCCCCCCCC(=O)OCCCCOC(=O)CCCCCCCCCCCCCC.CCCCCCCCCCCCCCCC(=O)OCCCCOC(=O)CCCCCCCCCCCCCCC. The van der Waals surface area contributed by atoms with Crippen molar-refractivity contribution in [2.24, 2.45) is 0 Å². The molecule has 0 aromatic heterocycles. The van der Waals surface area contributed by atoms with Crippen molar-refractivity contribution >= 4 is 23.9 Å². The molecule has 0 N–H and O–H groups in total. The lowest BCUT2D eigenvalue weighted by Gasteiger charge is -2.07. The van der Waals surface area contributed by atoms with E-state index < -0.39 is 0 Å². The Labute approximate surface area is 486 Å². The van der Waals surface area contributed by atoms with E-state index >= 15 is 0 Å². The Hall–Kier alpha value is -2.12. The lowest BCUT2D eigenvalue weighted by Crippen LogP contribution is -2.08. The molecule has 8 nitrogen and oxygen atoms in total. The number of ether oxygens (including phenoxy) is 4. The maximum absolute atomic E-state index is 11.9. The fraction of sp³-hybridized carbons (Fsp3) is 0.943. The summed E-state index contributed by atoms with van der Waals surface area (Å²) in [5, 5.41) is 0. The van der Waals surface area contributed by atoms with Crippen LogP contribution in [0.5, 0.6) is 0 Å². The molecule has 464 valence electrons. The summed E-state index contributed by atoms with van der Waals surface area (Å²) in [7, 11) is 0. The maximum atomic E-state index is 11.9. The van der Waals surface area contributed by atoms with Crippen LogP contribution < -0.4 is 0 Å². The molecule has 0 radical (unpaired) electrons. The van der Waals surface area contributed by atoms with Gasteiger partial charge in [-0.15, -0.1) is 0 Å². The van der Waals surface area contributed by atoms with Gasteiger partial charge in [0.2, 0.25) is 0 Å². The minimum atomic E-state index is -0.0824. The van der Waals surface area contributed by atoms with Gasteiger partial charge >= 0.3 is 23.9 Å². The van der Waals surface area contributed by atoms with Gasteiger partial charge in [-0.3, -0.25) is 19.2 Å². The third kappa shape index (κ3) is 71.9. The number of hydrogen-bond donors (Lipinski definition) is 0. The minimum absolute atomic E-state index is 0.0810. The maximum Gasteiger partial charge on any atom is 0.305 e. The second-order valence-corrected chi connectivity index (χ2v) is 23.6. The normalized spacial score (nSPS) is 11.1. The second-order valence-electron chi connectivity index (χ2n) is 23.6. The van der Waals surface area contributed by atoms with Gasteiger partial charge in [0.1, 0.15) is 0 Å². The average molecular weight is 1110 g/mol. The van der Waals surface area contributed by atoms with Gasteiger partial charge in [0.25, 0.3) is 0 Å². The van der Waals surface area contributed by atoms with Crippen molar-refractivity contribution in [1.82, 2.24) is 0 Å². The highest BCUT2D eigenvalue weighted by molar-refractivity contribution is 5.70. The smallest absolute Gasteiger partial charge is 0.305 e. The van der Waals surface area contributed by atoms with Crippen molar-refractivity contribution in [3.05, 3.63) is 0 Å². The first-order valence-electron chi connectivity index (χ1n) is 35.0. The molecule has 0 aromatic rings. The zero-order valence-corrected chi connectivity index (χ0v) is 53.1. The lowest BCUT2D eigenvalue weighted by molar-refractivity contribution is -0.146. The van der Waals surface area contributed by atoms with Gasteiger partial charge in [-0.05, 0) is 51.4 Å². The van der Waals surface area contributed by atoms with E-state index in [-0.39, 0.29) is 23.9 Å². The Morgan fingerprint density at radius 1 is 0.167 bits per heavy atom. The van der Waals surface area contributed by atoms with Crippen LogP contribution in [-0.2, 0) is 38.1 Å². The Kier molecular flexibility index (Phi) is 70.9. The topological polar surface area (TPSA) is 105 Å². The van der Waals surface area contributed by atoms with Crippen LogP contribution in [0.4, 0.5) is 0 Å². The molecule has 0 atom stereocenters. The predicted octanol–water partition coefficient (Wildman–Crippen LogP) is 22.9. The molecule has 0 spiro atoms. The molecule has 0 aliphatic carbocycles. The molecule has 0 amide bonds. The molecular weight excluding hydrogens is 969 g/mol. The molecule has 0 aromatic carbocycles. The monoisotopic (exact) mass is 1110 g/mol. The Morgan fingerprint density at radius 2 is 0.282 bits per heavy atom. The van der Waals surface area contributed by atoms with Crippen LogP contribution in [-0.4, -0.2) is 50.3 Å². The van der Waals surface area contributed by atoms with Gasteiger partial charge < -0.3 is 18.9 Å². The Morgan fingerprint density at radius 3 is 0.410 bits per heavy atom. The third-order valence-corrected chi connectivity index (χ3v) is 15.6. The molecule has 0 aliphatic heterocycles. The number of unbranched alkanes of at least 4 members (excludes halogenated alkanes) is 48. The molecular formula is C70H136O8. The van der Waals surface area contributed by atoms with Gasteiger partial charge in [-0.1, -0.05) is 323 Å². The molecule has 8 heteroatoms. The fourth-order valence-electron chi connectivity index (χ4n) is 10.2. The summed E-state index contributed by atoms with van der Waals surface area (Å²) in [4.78, 5) is 47.5. The molecule has 0 heterocycles. The summed E-state index contributed by atoms with van der Waals surface area (Å²) in [6.45, 7) is 10.8. The van der Waals surface area contributed by atoms with Crippen molar-refractivity contribution < 1.29 is 38.1 Å². The molecule has 0 saturated carbocycles. The molecule has 0 bridgehead atoms. The molecule has 0 rings (SSSR count). The van der Waals surface area contributed by atoms with Crippen LogP contribution >= 0.6 is 0 Å². The van der Waals surface area contributed by atoms with E-state index in [4.69, 9.17) is 18.9 Å². The average Bonchev–Trinajstić information content (AvgIpc) is 3.43. The summed E-state index contributed by atoms with van der Waals surface area (Å²) < 4.78 is 21.3. The highest BCUT2D eigenvalue weighted by Gasteiger charge is 2.07. The number of rotatable bonds is 64. The number of hydrogen-bond acceptors (Lipinski definition) is 8. The lowest BCUT2D eigenvalue weighted by atomic mass is 10.0. The van der Waals surface area contributed by atoms with Gasteiger partial charge in [0.05, 0.1) is 26.4 Å². The van der Waals surface area contributed by atoms with Gasteiger partial charge in [-0.2, -0.15) is 0 Å². The zero-order valence-electron chi connectivity index (χ0n) is 53.1. The fourth-order valence-corrected chi connectivity index (χ4v) is 10.2. The van der Waals surface area contributed by atoms with Gasteiger partial charge in [0, 0.05) is 25.7 Å². The number of carbonyl (C=O) groups is 4. The molecule has 78 heavy (non-hydrogen) atoms. The van der Waals surface area contributed by atoms with Crippen LogP contribution in [0.3, 0.4) is 0 Å². The van der Waals surface area contributed by atoms with Crippen LogP contribution in [0.2, 0.25) is 0 Å². The van der Waals surface area contributed by atoms with Crippen LogP contribution in [0.25, 0.3) is 0 Å². The summed E-state index contributed by atoms with van der Waals surface area (Å²) in [5.74, 6) is -0.327. The van der Waals surface area contributed by atoms with E-state index in [1.54, 1.807) is 0 Å². The summed E-state index contributed by atoms with van der Waals surface area (Å²) >= 11 is 0. The molecule has 0 unspecified atom stereocenters. The zero-order chi connectivity index (χ0) is 57.0. The first kappa shape index (κ1) is 77.9. The predicted molar refractivity (Wildman–Crippen MR) is 334 cm³/mol. The van der Waals surface area contributed by atoms with Crippen LogP contribution in [0, 0.1) is 0 Å². The van der Waals surface area contributed by atoms with E-state index in [1.807, 2.05) is 0 Å². The summed E-state index contributed by atoms with van der Waals surface area (Å²) in [6, 6.07) is 0. The first-order valence-corrected chi connectivity index (χ1v) is 35.0. The highest BCUT2D eigenvalue weighted by Crippen LogP contribution is 2.17. The summed E-state index contributed by atoms with van der Waals surface area (Å²) in [5.41, 5.74) is 0. The Bertz CT molecular complexity index is 1100. The second kappa shape index (κ2) is 71.0. The number of carbonyl (C=O) groups excluding carboxylic acids is 4. The standard InChI is InChI=1S/C36H70O4.C34H66O4/c1-3-5-7-9-11-13-15-17-19-21-23-25-27-31-35(37)39-33-29-30-34-40-36(38)32-28-26-24-22-20-18-16-14-12-10-8-6-4-2;1-3-5-7-9-11-13-15-17-19-21-23-25-29-33(35)37-31-27-28-32-38-34(36)30-26-24-22-20-18-16-14-12-10-8-6-4-2/h3-34H2,1-2H3;3-32H2,1-2H3. The van der Waals surface area contributed by atoms with Gasteiger partial charge in [-0.25, -0.2) is 0 Å². The molecule has 0 saturated heterocycles. The van der Waals surface area contributed by atoms with Crippen molar-refractivity contribution in [2.45, 2.75) is 400 Å². The Balaban J connectivity index is 0. The highest BCUT2D eigenvalue weighted by atomic mass is 16.5. The van der Waals surface area contributed by atoms with Crippen molar-refractivity contribution in [1.29, 1.82) is 0 Å². The molecule has 0 fully saturated rings. The van der Waals surface area contributed by atoms with E-state index in [0.29, 0.717) is 52.1 Å². The van der Waals surface area contributed by atoms with E-state index in [0.717, 1.165) is 77.0 Å². The van der Waals surface area contributed by atoms with E-state index in [9.17, 15) is 19.2 Å². The minimum Gasteiger partial charge on any atom is -0.466 e. The van der Waals surface area contributed by atoms with Crippen LogP contribution in [0.15, 0.2) is 0 Å². The van der Waals surface area contributed by atoms with Gasteiger partial charge in [0.15, 0.2) is 0 Å².